The summed E-state index contributed by atoms with van der Waals surface area (Å²) in [5.74, 6) is 1.84. The predicted octanol–water partition coefficient (Wildman–Crippen LogP) is 0.483. The summed E-state index contributed by atoms with van der Waals surface area (Å²) < 4.78 is 0. The number of hydrogen-bond acceptors (Lipinski definition) is 6. The van der Waals surface area contributed by atoms with Gasteiger partial charge >= 0.3 is 0 Å². The Kier molecular flexibility index (Phi) is 4.93. The molecule has 1 aliphatic heterocycles. The van der Waals surface area contributed by atoms with Crippen molar-refractivity contribution in [2.45, 2.75) is 19.8 Å². The van der Waals surface area contributed by atoms with Crippen molar-refractivity contribution in [3.63, 3.8) is 0 Å². The molecule has 0 atom stereocenters. The summed E-state index contributed by atoms with van der Waals surface area (Å²) >= 11 is 0. The number of nitrogen functional groups attached to an aromatic ring is 1. The van der Waals surface area contributed by atoms with Crippen LogP contribution in [0.15, 0.2) is 6.33 Å². The fraction of sp³-hybridized carbons (Fsp3) is 0.692. The van der Waals surface area contributed by atoms with E-state index in [2.05, 4.69) is 20.2 Å². The molecule has 2 heterocycles. The van der Waals surface area contributed by atoms with Crippen molar-refractivity contribution in [3.05, 3.63) is 11.9 Å². The van der Waals surface area contributed by atoms with Crippen LogP contribution in [0.5, 0.6) is 0 Å². The van der Waals surface area contributed by atoms with Crippen LogP contribution in [0.4, 0.5) is 11.6 Å². The van der Waals surface area contributed by atoms with Crippen molar-refractivity contribution in [2.75, 3.05) is 43.8 Å². The SMILES string of the molecule is Cc1c(N)ncnc1NCCN1CCC(CO)CC1. The first-order valence-electron chi connectivity index (χ1n) is 6.85. The average Bonchev–Trinajstić information content (AvgIpc) is 2.44. The Labute approximate surface area is 114 Å². The molecule has 1 aromatic heterocycles. The lowest BCUT2D eigenvalue weighted by Crippen LogP contribution is -2.37. The predicted molar refractivity (Wildman–Crippen MR) is 75.9 cm³/mol. The largest absolute Gasteiger partial charge is 0.396 e. The molecular weight excluding hydrogens is 242 g/mol. The molecule has 0 aromatic carbocycles. The van der Waals surface area contributed by atoms with E-state index in [9.17, 15) is 0 Å². The molecule has 4 N–H and O–H groups in total. The highest BCUT2D eigenvalue weighted by molar-refractivity contribution is 5.53. The van der Waals surface area contributed by atoms with Crippen LogP contribution in [0.3, 0.4) is 0 Å². The molecular formula is C13H23N5O. The van der Waals surface area contributed by atoms with Crippen molar-refractivity contribution < 1.29 is 5.11 Å². The molecule has 0 radical (unpaired) electrons. The van der Waals surface area contributed by atoms with Crippen LogP contribution in [0.2, 0.25) is 0 Å². The van der Waals surface area contributed by atoms with Gasteiger partial charge in [-0.2, -0.15) is 0 Å². The van der Waals surface area contributed by atoms with Crippen molar-refractivity contribution in [2.24, 2.45) is 5.92 Å². The molecule has 0 amide bonds. The lowest BCUT2D eigenvalue weighted by molar-refractivity contribution is 0.134. The van der Waals surface area contributed by atoms with Crippen molar-refractivity contribution in [1.82, 2.24) is 14.9 Å². The second-order valence-electron chi connectivity index (χ2n) is 5.13. The number of aliphatic hydroxyl groups is 1. The molecule has 2 rings (SSSR count). The normalized spacial score (nSPS) is 17.6. The molecule has 1 aromatic rings. The Bertz CT molecular complexity index is 404. The summed E-state index contributed by atoms with van der Waals surface area (Å²) in [4.78, 5) is 10.6. The average molecular weight is 265 g/mol. The third-order valence-corrected chi connectivity index (χ3v) is 3.81. The molecule has 0 unspecified atom stereocenters. The molecule has 0 spiro atoms. The number of likely N-dealkylation sites (tertiary alicyclic amines) is 1. The van der Waals surface area contributed by atoms with Crippen molar-refractivity contribution in [1.29, 1.82) is 0 Å². The lowest BCUT2D eigenvalue weighted by Gasteiger charge is -2.31. The summed E-state index contributed by atoms with van der Waals surface area (Å²) in [6.45, 7) is 6.22. The number of nitrogens with two attached hydrogens (primary N) is 1. The molecule has 0 bridgehead atoms. The fourth-order valence-corrected chi connectivity index (χ4v) is 2.37. The van der Waals surface area contributed by atoms with Gasteiger partial charge in [-0.05, 0) is 38.8 Å². The first-order chi connectivity index (χ1) is 9.20. The molecule has 19 heavy (non-hydrogen) atoms. The van der Waals surface area contributed by atoms with Crippen LogP contribution in [0.1, 0.15) is 18.4 Å². The van der Waals surface area contributed by atoms with Gasteiger partial charge in [-0.25, -0.2) is 9.97 Å². The number of piperidine rings is 1. The molecule has 1 saturated heterocycles. The van der Waals surface area contributed by atoms with Gasteiger partial charge in [0.1, 0.15) is 18.0 Å². The number of aromatic nitrogens is 2. The van der Waals surface area contributed by atoms with Crippen LogP contribution in [0, 0.1) is 12.8 Å². The van der Waals surface area contributed by atoms with Gasteiger partial charge in [0.25, 0.3) is 0 Å². The van der Waals surface area contributed by atoms with Gasteiger partial charge in [-0.1, -0.05) is 0 Å². The van der Waals surface area contributed by atoms with Gasteiger partial charge in [-0.15, -0.1) is 0 Å². The topological polar surface area (TPSA) is 87.3 Å². The summed E-state index contributed by atoms with van der Waals surface area (Å²) in [6.07, 6.45) is 3.67. The third-order valence-electron chi connectivity index (χ3n) is 3.81. The molecule has 0 saturated carbocycles. The minimum absolute atomic E-state index is 0.325. The van der Waals surface area contributed by atoms with E-state index in [4.69, 9.17) is 10.8 Å². The number of nitrogens with zero attached hydrogens (tertiary/aromatic N) is 3. The van der Waals surface area contributed by atoms with Crippen LogP contribution in [-0.2, 0) is 0 Å². The Morgan fingerprint density at radius 2 is 2.16 bits per heavy atom. The Hall–Kier alpha value is -1.40. The Morgan fingerprint density at radius 3 is 2.84 bits per heavy atom. The number of rotatable bonds is 5. The van der Waals surface area contributed by atoms with Gasteiger partial charge in [0.05, 0.1) is 0 Å². The number of nitrogens with one attached hydrogen (secondary N) is 1. The molecule has 106 valence electrons. The molecule has 0 aliphatic carbocycles. The van der Waals surface area contributed by atoms with Crippen molar-refractivity contribution >= 4 is 11.6 Å². The van der Waals surface area contributed by atoms with E-state index in [0.29, 0.717) is 18.3 Å². The van der Waals surface area contributed by atoms with E-state index in [1.165, 1.54) is 6.33 Å². The number of aliphatic hydroxyl groups excluding tert-OH is 1. The summed E-state index contributed by atoms with van der Waals surface area (Å²) in [6, 6.07) is 0. The summed E-state index contributed by atoms with van der Waals surface area (Å²) in [7, 11) is 0. The Morgan fingerprint density at radius 1 is 1.42 bits per heavy atom. The van der Waals surface area contributed by atoms with Gasteiger partial charge in [0.2, 0.25) is 0 Å². The maximum atomic E-state index is 9.10. The van der Waals surface area contributed by atoms with E-state index in [1.807, 2.05) is 6.92 Å². The first-order valence-corrected chi connectivity index (χ1v) is 6.85. The quantitative estimate of drug-likeness (QED) is 0.718. The molecule has 1 fully saturated rings. The van der Waals surface area contributed by atoms with E-state index in [1.54, 1.807) is 0 Å². The number of hydrogen-bond donors (Lipinski definition) is 3. The maximum absolute atomic E-state index is 9.10. The maximum Gasteiger partial charge on any atom is 0.134 e. The zero-order valence-corrected chi connectivity index (χ0v) is 11.5. The van der Waals surface area contributed by atoms with E-state index >= 15 is 0 Å². The minimum Gasteiger partial charge on any atom is -0.396 e. The van der Waals surface area contributed by atoms with Gasteiger partial charge in [-0.3, -0.25) is 0 Å². The number of anilines is 2. The zero-order valence-electron chi connectivity index (χ0n) is 11.5. The van der Waals surface area contributed by atoms with Crippen LogP contribution < -0.4 is 11.1 Å². The first kappa shape index (κ1) is 14.0. The second-order valence-corrected chi connectivity index (χ2v) is 5.13. The molecule has 6 heteroatoms. The van der Waals surface area contributed by atoms with Gasteiger partial charge in [0, 0.05) is 25.3 Å². The zero-order chi connectivity index (χ0) is 13.7. The standard InChI is InChI=1S/C13H23N5O/c1-10-12(14)16-9-17-13(10)15-4-7-18-5-2-11(8-19)3-6-18/h9,11,19H,2-8H2,1H3,(H3,14,15,16,17). The van der Waals surface area contributed by atoms with Crippen molar-refractivity contribution in [3.8, 4) is 0 Å². The molecule has 6 nitrogen and oxygen atoms in total. The van der Waals surface area contributed by atoms with Crippen LogP contribution >= 0.6 is 0 Å². The van der Waals surface area contributed by atoms with Crippen LogP contribution in [0.25, 0.3) is 0 Å². The molecule has 1 aliphatic rings. The highest BCUT2D eigenvalue weighted by Gasteiger charge is 2.17. The summed E-state index contributed by atoms with van der Waals surface area (Å²) in [5.41, 5.74) is 6.64. The monoisotopic (exact) mass is 265 g/mol. The highest BCUT2D eigenvalue weighted by Crippen LogP contribution is 2.17. The second kappa shape index (κ2) is 6.68. The minimum atomic E-state index is 0.325. The summed E-state index contributed by atoms with van der Waals surface area (Å²) in [5, 5.41) is 12.4. The van der Waals surface area contributed by atoms with Gasteiger partial charge in [0.15, 0.2) is 0 Å². The van der Waals surface area contributed by atoms with Crippen LogP contribution in [-0.4, -0.2) is 52.8 Å². The Balaban J connectivity index is 1.74. The fourth-order valence-electron chi connectivity index (χ4n) is 2.37. The highest BCUT2D eigenvalue weighted by atomic mass is 16.3. The van der Waals surface area contributed by atoms with E-state index in [0.717, 1.165) is 50.4 Å². The lowest BCUT2D eigenvalue weighted by atomic mass is 9.98. The van der Waals surface area contributed by atoms with E-state index < -0.39 is 0 Å². The van der Waals surface area contributed by atoms with Gasteiger partial charge < -0.3 is 21.1 Å². The third kappa shape index (κ3) is 3.78. The smallest absolute Gasteiger partial charge is 0.134 e. The van der Waals surface area contributed by atoms with E-state index in [-0.39, 0.29) is 0 Å².